The topological polar surface area (TPSA) is 0 Å². The number of rotatable bonds is 0. The fraction of sp³-hybridized carbons (Fsp3) is 1.00. The molecule has 0 aromatic rings. The van der Waals surface area contributed by atoms with Crippen LogP contribution in [0, 0.1) is 0 Å². The molecule has 0 nitrogen and oxygen atoms in total. The van der Waals surface area contributed by atoms with E-state index in [0.29, 0.717) is 0 Å². The Kier molecular flexibility index (Phi) is 4.88. The fourth-order valence-corrected chi connectivity index (χ4v) is 6.08. The lowest BCUT2D eigenvalue weighted by Crippen LogP contribution is -1.82. The van der Waals surface area contributed by atoms with E-state index in [2.05, 4.69) is 0 Å². The molecule has 1 heterocycles. The van der Waals surface area contributed by atoms with Gasteiger partial charge in [0.25, 0.3) is 0 Å². The Hall–Kier alpha value is 1.40. The zero-order valence-corrected chi connectivity index (χ0v) is 7.73. The van der Waals surface area contributed by atoms with Gasteiger partial charge in [-0.25, -0.2) is 0 Å². The van der Waals surface area contributed by atoms with Gasteiger partial charge in [-0.05, 0) is 6.42 Å². The average Bonchev–Trinajstić information content (AvgIpc) is 1.62. The zero-order valence-electron chi connectivity index (χ0n) is 4.46. The van der Waals surface area contributed by atoms with Crippen molar-refractivity contribution in [1.82, 2.24) is 0 Å². The number of hydrogen-bond acceptors (Lipinski definition) is 4. The lowest BCUT2D eigenvalue weighted by atomic mass is 10.6. The van der Waals surface area contributed by atoms with Crippen LogP contribution < -0.4 is 0 Å². The van der Waals surface area contributed by atoms with Gasteiger partial charge in [0, 0.05) is 11.5 Å². The summed E-state index contributed by atoms with van der Waals surface area (Å²) in [6, 6.07) is 0. The minimum absolute atomic E-state index is 1.26. The van der Waals surface area contributed by atoms with Crippen molar-refractivity contribution in [2.45, 2.75) is 6.42 Å². The molecule has 0 atom stereocenters. The SMILES string of the molecule is C1CSSCSSC1. The van der Waals surface area contributed by atoms with Crippen molar-refractivity contribution in [3.8, 4) is 0 Å². The maximum atomic E-state index is 2.01. The van der Waals surface area contributed by atoms with E-state index in [1.54, 1.807) is 0 Å². The second-order valence-electron chi connectivity index (χ2n) is 1.35. The lowest BCUT2D eigenvalue weighted by Gasteiger charge is -2.04. The summed E-state index contributed by atoms with van der Waals surface area (Å²) in [4.78, 5) is 0. The third-order valence-electron chi connectivity index (χ3n) is 0.718. The minimum atomic E-state index is 1.26. The molecule has 0 bridgehead atoms. The van der Waals surface area contributed by atoms with Crippen LogP contribution in [0.4, 0.5) is 0 Å². The summed E-state index contributed by atoms with van der Waals surface area (Å²) in [6.07, 6.45) is 1.38. The molecule has 1 rings (SSSR count). The second-order valence-corrected chi connectivity index (χ2v) is 6.88. The lowest BCUT2D eigenvalue weighted by molar-refractivity contribution is 1.13. The highest BCUT2D eigenvalue weighted by Gasteiger charge is 1.97. The monoisotopic (exact) mass is 184 g/mol. The molecule has 1 saturated heterocycles. The van der Waals surface area contributed by atoms with Gasteiger partial charge in [-0.3, -0.25) is 0 Å². The van der Waals surface area contributed by atoms with Crippen LogP contribution >= 0.6 is 43.2 Å². The van der Waals surface area contributed by atoms with E-state index < -0.39 is 0 Å². The first kappa shape index (κ1) is 7.51. The third kappa shape index (κ3) is 3.43. The van der Waals surface area contributed by atoms with Crippen molar-refractivity contribution in [2.75, 3.05) is 16.6 Å². The van der Waals surface area contributed by atoms with Crippen LogP contribution in [-0.2, 0) is 0 Å². The molecular weight excluding hydrogens is 176 g/mol. The molecule has 0 aromatic heterocycles. The molecule has 0 amide bonds. The molecule has 4 heteroatoms. The van der Waals surface area contributed by atoms with Crippen LogP contribution in [0.15, 0.2) is 0 Å². The first-order chi connectivity index (χ1) is 4.00. The summed E-state index contributed by atoms with van der Waals surface area (Å²) in [5.41, 5.74) is 0. The normalized spacial score (nSPS) is 24.0. The van der Waals surface area contributed by atoms with Crippen LogP contribution in [0.25, 0.3) is 0 Å². The van der Waals surface area contributed by atoms with Gasteiger partial charge in [-0.2, -0.15) is 0 Å². The summed E-state index contributed by atoms with van der Waals surface area (Å²) < 4.78 is 0. The molecule has 0 aliphatic carbocycles. The van der Waals surface area contributed by atoms with Gasteiger partial charge in [0.2, 0.25) is 0 Å². The van der Waals surface area contributed by atoms with Crippen LogP contribution in [0.1, 0.15) is 6.42 Å². The Morgan fingerprint density at radius 3 is 2.00 bits per heavy atom. The molecule has 1 fully saturated rings. The molecular formula is C4H8S4. The quantitative estimate of drug-likeness (QED) is 0.530. The Labute approximate surface area is 66.1 Å². The van der Waals surface area contributed by atoms with E-state index in [1.807, 2.05) is 43.2 Å². The zero-order chi connectivity index (χ0) is 5.66. The van der Waals surface area contributed by atoms with E-state index in [9.17, 15) is 0 Å². The van der Waals surface area contributed by atoms with Gasteiger partial charge < -0.3 is 0 Å². The standard InChI is InChI=1S/C4H8S4/c1-2-5-7-4-8-6-3-1/h1-4H2. The van der Waals surface area contributed by atoms with Gasteiger partial charge in [-0.1, -0.05) is 43.2 Å². The molecule has 0 saturated carbocycles. The maximum absolute atomic E-state index is 2.01. The summed E-state index contributed by atoms with van der Waals surface area (Å²) in [5, 5.41) is 1.26. The predicted octanol–water partition coefficient (Wildman–Crippen LogP) is 3.11. The van der Waals surface area contributed by atoms with E-state index in [0.717, 1.165) is 0 Å². The largest absolute Gasteiger partial charge is 0.0933 e. The smallest absolute Gasteiger partial charge is 0.0600 e. The van der Waals surface area contributed by atoms with Crippen LogP contribution in [-0.4, -0.2) is 16.6 Å². The van der Waals surface area contributed by atoms with Gasteiger partial charge in [0.15, 0.2) is 0 Å². The van der Waals surface area contributed by atoms with Crippen LogP contribution in [0.2, 0.25) is 0 Å². The molecule has 1 aliphatic heterocycles. The van der Waals surface area contributed by atoms with Crippen LogP contribution in [0.5, 0.6) is 0 Å². The Morgan fingerprint density at radius 1 is 0.750 bits per heavy atom. The average molecular weight is 184 g/mol. The first-order valence-electron chi connectivity index (χ1n) is 2.49. The van der Waals surface area contributed by atoms with E-state index in [1.165, 1.54) is 23.0 Å². The molecule has 0 spiro atoms. The van der Waals surface area contributed by atoms with Gasteiger partial charge in [-0.15, -0.1) is 0 Å². The van der Waals surface area contributed by atoms with E-state index >= 15 is 0 Å². The molecule has 0 radical (unpaired) electrons. The van der Waals surface area contributed by atoms with Crippen molar-refractivity contribution in [1.29, 1.82) is 0 Å². The summed E-state index contributed by atoms with van der Waals surface area (Å²) in [7, 11) is 8.00. The highest BCUT2D eigenvalue weighted by Crippen LogP contribution is 2.35. The Bertz CT molecular complexity index is 32.0. The first-order valence-corrected chi connectivity index (χ1v) is 7.46. The van der Waals surface area contributed by atoms with E-state index in [-0.39, 0.29) is 0 Å². The molecule has 0 unspecified atom stereocenters. The number of hydrogen-bond donors (Lipinski definition) is 0. The van der Waals surface area contributed by atoms with Crippen molar-refractivity contribution >= 4 is 43.2 Å². The molecule has 8 heavy (non-hydrogen) atoms. The molecule has 1 aliphatic rings. The maximum Gasteiger partial charge on any atom is 0.0600 e. The third-order valence-corrected chi connectivity index (χ3v) is 6.46. The Balaban J connectivity index is 2.00. The van der Waals surface area contributed by atoms with Gasteiger partial charge in [0.1, 0.15) is 0 Å². The second kappa shape index (κ2) is 5.21. The molecule has 0 N–H and O–H groups in total. The predicted molar refractivity (Wildman–Crippen MR) is 49.6 cm³/mol. The summed E-state index contributed by atoms with van der Waals surface area (Å²) in [5.74, 6) is 2.69. The molecule has 48 valence electrons. The van der Waals surface area contributed by atoms with Gasteiger partial charge in [0.05, 0.1) is 5.08 Å². The van der Waals surface area contributed by atoms with E-state index in [4.69, 9.17) is 0 Å². The summed E-state index contributed by atoms with van der Waals surface area (Å²) in [6.45, 7) is 0. The fourth-order valence-electron chi connectivity index (χ4n) is 0.382. The van der Waals surface area contributed by atoms with Crippen molar-refractivity contribution < 1.29 is 0 Å². The highest BCUT2D eigenvalue weighted by molar-refractivity contribution is 8.85. The van der Waals surface area contributed by atoms with Crippen molar-refractivity contribution in [2.24, 2.45) is 0 Å². The Morgan fingerprint density at radius 2 is 1.38 bits per heavy atom. The highest BCUT2D eigenvalue weighted by atomic mass is 33.1. The van der Waals surface area contributed by atoms with Gasteiger partial charge >= 0.3 is 0 Å². The summed E-state index contributed by atoms with van der Waals surface area (Å²) >= 11 is 0. The van der Waals surface area contributed by atoms with Crippen molar-refractivity contribution in [3.63, 3.8) is 0 Å². The van der Waals surface area contributed by atoms with Crippen LogP contribution in [0.3, 0.4) is 0 Å². The minimum Gasteiger partial charge on any atom is -0.0933 e. The van der Waals surface area contributed by atoms with Crippen molar-refractivity contribution in [3.05, 3.63) is 0 Å². The molecule has 0 aromatic carbocycles.